The molecular weight excluding hydrogens is 220 g/mol. The summed E-state index contributed by atoms with van der Waals surface area (Å²) in [5.74, 6) is -0.753. The molecule has 0 saturated carbocycles. The molecule has 0 amide bonds. The van der Waals surface area contributed by atoms with Crippen LogP contribution in [0, 0.1) is 0 Å². The number of unbranched alkanes of at least 4 members (excludes halogenated alkanes) is 2. The summed E-state index contributed by atoms with van der Waals surface area (Å²) in [5.41, 5.74) is 0. The first kappa shape index (κ1) is 12.8. The fourth-order valence-corrected chi connectivity index (χ4v) is 1.88. The van der Waals surface area contributed by atoms with Gasteiger partial charge in [-0.05, 0) is 12.8 Å². The quantitative estimate of drug-likeness (QED) is 0.490. The van der Waals surface area contributed by atoms with E-state index in [1.807, 2.05) is 0 Å². The highest BCUT2D eigenvalue weighted by Crippen LogP contribution is 2.00. The molecule has 0 bridgehead atoms. The minimum absolute atomic E-state index is 0.189. The molecule has 8 heteroatoms. The van der Waals surface area contributed by atoms with E-state index < -0.39 is 20.2 Å². The maximum Gasteiger partial charge on any atom is 0.264 e. The molecule has 0 unspecified atom stereocenters. The number of hydrogen-bond donors (Lipinski definition) is 2. The van der Waals surface area contributed by atoms with Crippen molar-refractivity contribution in [3.8, 4) is 0 Å². The summed E-state index contributed by atoms with van der Waals surface area (Å²) in [4.78, 5) is 0. The SMILES string of the molecule is O=S(=O)(O)CCCCCS(=O)(=O)O. The first-order valence-electron chi connectivity index (χ1n) is 3.61. The zero-order valence-corrected chi connectivity index (χ0v) is 8.51. The second-order valence-corrected chi connectivity index (χ2v) is 5.78. The third-order valence-electron chi connectivity index (χ3n) is 1.30. The van der Waals surface area contributed by atoms with Crippen molar-refractivity contribution < 1.29 is 25.9 Å². The highest BCUT2D eigenvalue weighted by atomic mass is 32.2. The van der Waals surface area contributed by atoms with Gasteiger partial charge in [-0.15, -0.1) is 0 Å². The Morgan fingerprint density at radius 2 is 1.00 bits per heavy atom. The standard InChI is InChI=1S/C5H12O6S2/c6-12(7,8)4-2-1-3-5-13(9,10)11/h1-5H2,(H,6,7,8)(H,9,10,11). The van der Waals surface area contributed by atoms with Gasteiger partial charge in [0.05, 0.1) is 11.5 Å². The average molecular weight is 232 g/mol. The van der Waals surface area contributed by atoms with E-state index in [0.29, 0.717) is 6.42 Å². The van der Waals surface area contributed by atoms with Crippen LogP contribution in [0.1, 0.15) is 19.3 Å². The lowest BCUT2D eigenvalue weighted by atomic mass is 10.3. The molecule has 0 rings (SSSR count). The molecule has 0 aliphatic heterocycles. The smallest absolute Gasteiger partial charge is 0.264 e. The lowest BCUT2D eigenvalue weighted by Gasteiger charge is -1.97. The molecule has 6 nitrogen and oxygen atoms in total. The van der Waals surface area contributed by atoms with Crippen molar-refractivity contribution in [2.75, 3.05) is 11.5 Å². The lowest BCUT2D eigenvalue weighted by Crippen LogP contribution is -2.06. The molecule has 80 valence electrons. The predicted octanol–water partition coefficient (Wildman–Crippen LogP) is -0.0677. The van der Waals surface area contributed by atoms with E-state index in [0.717, 1.165) is 0 Å². The van der Waals surface area contributed by atoms with Crippen molar-refractivity contribution >= 4 is 20.2 Å². The Kier molecular flexibility index (Phi) is 4.82. The average Bonchev–Trinajstić information content (AvgIpc) is 1.81. The molecule has 0 saturated heterocycles. The molecule has 2 N–H and O–H groups in total. The Morgan fingerprint density at radius 3 is 1.23 bits per heavy atom. The molecular formula is C5H12O6S2. The molecule has 13 heavy (non-hydrogen) atoms. The maximum absolute atomic E-state index is 10.2. The summed E-state index contributed by atoms with van der Waals surface area (Å²) < 4.78 is 57.3. The molecule has 0 radical (unpaired) electrons. The molecule has 0 aliphatic rings. The molecule has 0 fully saturated rings. The summed E-state index contributed by atoms with van der Waals surface area (Å²) in [6.07, 6.45) is 0.711. The van der Waals surface area contributed by atoms with E-state index >= 15 is 0 Å². The van der Waals surface area contributed by atoms with Crippen LogP contribution in [0.5, 0.6) is 0 Å². The van der Waals surface area contributed by atoms with Gasteiger partial charge in [-0.1, -0.05) is 6.42 Å². The minimum atomic E-state index is -3.95. The topological polar surface area (TPSA) is 109 Å². The van der Waals surface area contributed by atoms with Gasteiger partial charge in [0, 0.05) is 0 Å². The van der Waals surface area contributed by atoms with E-state index in [4.69, 9.17) is 9.11 Å². The normalized spacial score (nSPS) is 13.1. The van der Waals surface area contributed by atoms with Crippen molar-refractivity contribution in [1.29, 1.82) is 0 Å². The minimum Gasteiger partial charge on any atom is -0.286 e. The third-order valence-corrected chi connectivity index (χ3v) is 2.91. The fourth-order valence-electron chi connectivity index (χ4n) is 0.746. The van der Waals surface area contributed by atoms with Crippen LogP contribution in [-0.2, 0) is 20.2 Å². The Balaban J connectivity index is 3.50. The van der Waals surface area contributed by atoms with Gasteiger partial charge in [-0.25, -0.2) is 0 Å². The van der Waals surface area contributed by atoms with Gasteiger partial charge in [-0.3, -0.25) is 9.11 Å². The van der Waals surface area contributed by atoms with Crippen LogP contribution in [0.25, 0.3) is 0 Å². The highest BCUT2D eigenvalue weighted by Gasteiger charge is 2.06. The number of hydrogen-bond acceptors (Lipinski definition) is 4. The van der Waals surface area contributed by atoms with Crippen LogP contribution in [0.4, 0.5) is 0 Å². The molecule has 0 aliphatic carbocycles. The summed E-state index contributed by atoms with van der Waals surface area (Å²) in [6, 6.07) is 0. The molecule has 0 heterocycles. The maximum atomic E-state index is 10.2. The Hall–Kier alpha value is -0.180. The Bertz CT molecular complexity index is 292. The number of rotatable bonds is 6. The van der Waals surface area contributed by atoms with E-state index in [2.05, 4.69) is 0 Å². The van der Waals surface area contributed by atoms with E-state index in [9.17, 15) is 16.8 Å². The van der Waals surface area contributed by atoms with Gasteiger partial charge in [0.25, 0.3) is 20.2 Å². The van der Waals surface area contributed by atoms with E-state index in [1.54, 1.807) is 0 Å². The Labute approximate surface area is 77.5 Å². The summed E-state index contributed by atoms with van der Waals surface area (Å²) in [7, 11) is -7.90. The van der Waals surface area contributed by atoms with Gasteiger partial charge in [0.15, 0.2) is 0 Å². The van der Waals surface area contributed by atoms with Gasteiger partial charge in [-0.2, -0.15) is 16.8 Å². The van der Waals surface area contributed by atoms with Crippen molar-refractivity contribution in [3.05, 3.63) is 0 Å². The molecule has 0 aromatic carbocycles. The second kappa shape index (κ2) is 4.89. The zero-order chi connectivity index (χ0) is 10.5. The van der Waals surface area contributed by atoms with Gasteiger partial charge in [0.2, 0.25) is 0 Å². The van der Waals surface area contributed by atoms with Crippen molar-refractivity contribution in [3.63, 3.8) is 0 Å². The van der Waals surface area contributed by atoms with Gasteiger partial charge < -0.3 is 0 Å². The van der Waals surface area contributed by atoms with Crippen molar-refractivity contribution in [2.24, 2.45) is 0 Å². The van der Waals surface area contributed by atoms with Crippen LogP contribution in [0.2, 0.25) is 0 Å². The van der Waals surface area contributed by atoms with Crippen LogP contribution in [0.3, 0.4) is 0 Å². The van der Waals surface area contributed by atoms with Crippen LogP contribution >= 0.6 is 0 Å². The van der Waals surface area contributed by atoms with Crippen LogP contribution in [-0.4, -0.2) is 37.4 Å². The molecule has 0 spiro atoms. The predicted molar refractivity (Wildman–Crippen MR) is 46.7 cm³/mol. The van der Waals surface area contributed by atoms with Crippen LogP contribution in [0.15, 0.2) is 0 Å². The first-order chi connectivity index (χ1) is 5.71. The van der Waals surface area contributed by atoms with Gasteiger partial charge >= 0.3 is 0 Å². The van der Waals surface area contributed by atoms with E-state index in [1.165, 1.54) is 0 Å². The molecule has 0 aromatic rings. The van der Waals surface area contributed by atoms with Crippen molar-refractivity contribution in [1.82, 2.24) is 0 Å². The Morgan fingerprint density at radius 1 is 0.692 bits per heavy atom. The largest absolute Gasteiger partial charge is 0.286 e. The summed E-state index contributed by atoms with van der Waals surface area (Å²) >= 11 is 0. The first-order valence-corrected chi connectivity index (χ1v) is 6.83. The zero-order valence-electron chi connectivity index (χ0n) is 6.88. The second-order valence-electron chi connectivity index (χ2n) is 2.63. The lowest BCUT2D eigenvalue weighted by molar-refractivity contribution is 0.477. The molecule has 0 aromatic heterocycles. The van der Waals surface area contributed by atoms with Crippen LogP contribution < -0.4 is 0 Å². The third kappa shape index (κ3) is 11.8. The summed E-state index contributed by atoms with van der Waals surface area (Å²) in [6.45, 7) is 0. The van der Waals surface area contributed by atoms with Crippen molar-refractivity contribution in [2.45, 2.75) is 19.3 Å². The summed E-state index contributed by atoms with van der Waals surface area (Å²) in [5, 5.41) is 0. The van der Waals surface area contributed by atoms with E-state index in [-0.39, 0.29) is 24.3 Å². The fraction of sp³-hybridized carbons (Fsp3) is 1.00. The highest BCUT2D eigenvalue weighted by molar-refractivity contribution is 7.86. The van der Waals surface area contributed by atoms with Gasteiger partial charge in [0.1, 0.15) is 0 Å². The monoisotopic (exact) mass is 232 g/mol. The molecule has 0 atom stereocenters.